The Morgan fingerprint density at radius 3 is 1.91 bits per heavy atom. The van der Waals surface area contributed by atoms with E-state index in [1.54, 1.807) is 24.3 Å². The molecule has 0 unspecified atom stereocenters. The normalized spacial score (nSPS) is 17.4. The maximum atomic E-state index is 14.6. The first-order valence-electron chi connectivity index (χ1n) is 17.8. The third kappa shape index (κ3) is 7.46. The molecule has 0 saturated carbocycles. The van der Waals surface area contributed by atoms with Crippen molar-refractivity contribution < 1.29 is 49.4 Å². The van der Waals surface area contributed by atoms with Crippen molar-refractivity contribution in [3.05, 3.63) is 93.1 Å². The van der Waals surface area contributed by atoms with Crippen molar-refractivity contribution in [2.75, 3.05) is 26.2 Å². The zero-order chi connectivity index (χ0) is 38.4. The van der Waals surface area contributed by atoms with Gasteiger partial charge in [0.25, 0.3) is 5.91 Å². The number of likely N-dealkylation sites (tertiary alicyclic amines) is 2. The third-order valence-electron chi connectivity index (χ3n) is 10.2. The van der Waals surface area contributed by atoms with Gasteiger partial charge in [-0.2, -0.15) is 36.5 Å². The van der Waals surface area contributed by atoms with Crippen LogP contribution in [0.15, 0.2) is 36.4 Å². The summed E-state index contributed by atoms with van der Waals surface area (Å²) in [5, 5.41) is 7.46. The molecule has 8 rings (SSSR count). The van der Waals surface area contributed by atoms with E-state index in [1.165, 1.54) is 9.58 Å². The van der Waals surface area contributed by atoms with Crippen molar-refractivity contribution in [1.82, 2.24) is 29.4 Å². The predicted molar refractivity (Wildman–Crippen MR) is 177 cm³/mol. The summed E-state index contributed by atoms with van der Waals surface area (Å²) in [6, 6.07) is 8.63. The number of fused-ring (bicyclic) bond motifs is 2. The Bertz CT molecular complexity index is 2020. The van der Waals surface area contributed by atoms with E-state index < -0.39 is 35.4 Å². The van der Waals surface area contributed by atoms with Crippen LogP contribution < -0.4 is 0 Å². The summed E-state index contributed by atoms with van der Waals surface area (Å²) in [7, 11) is 0. The number of rotatable bonds is 5. The van der Waals surface area contributed by atoms with Crippen LogP contribution in [0.4, 0.5) is 35.1 Å². The van der Waals surface area contributed by atoms with Crippen molar-refractivity contribution in [1.29, 1.82) is 0 Å². The van der Waals surface area contributed by atoms with Gasteiger partial charge in [0.15, 0.2) is 11.4 Å². The Morgan fingerprint density at radius 2 is 1.30 bits per heavy atom. The van der Waals surface area contributed by atoms with Crippen molar-refractivity contribution >= 4 is 11.8 Å². The maximum Gasteiger partial charge on any atom is 0.435 e. The van der Waals surface area contributed by atoms with E-state index >= 15 is 0 Å². The summed E-state index contributed by atoms with van der Waals surface area (Å²) >= 11 is 0. The second-order valence-corrected chi connectivity index (χ2v) is 13.7. The van der Waals surface area contributed by atoms with Crippen molar-refractivity contribution in [3.63, 3.8) is 0 Å². The third-order valence-corrected chi connectivity index (χ3v) is 10.2. The van der Waals surface area contributed by atoms with E-state index in [1.807, 2.05) is 4.90 Å². The first-order valence-corrected chi connectivity index (χ1v) is 17.8. The molecule has 9 nitrogen and oxygen atoms in total. The Labute approximate surface area is 304 Å². The van der Waals surface area contributed by atoms with Gasteiger partial charge in [0.1, 0.15) is 11.6 Å². The molecular formula is C37H36F8N6O3. The van der Waals surface area contributed by atoms with Gasteiger partial charge in [-0.05, 0) is 69.2 Å². The van der Waals surface area contributed by atoms with E-state index in [9.17, 15) is 44.7 Å². The van der Waals surface area contributed by atoms with Gasteiger partial charge in [-0.1, -0.05) is 0 Å². The minimum atomic E-state index is -4.71. The van der Waals surface area contributed by atoms with E-state index in [4.69, 9.17) is 4.74 Å². The molecule has 54 heavy (non-hydrogen) atoms. The number of nitrogens with zero attached hydrogens (tertiary/aromatic N) is 6. The first kappa shape index (κ1) is 37.5. The summed E-state index contributed by atoms with van der Waals surface area (Å²) in [6.07, 6.45) is -3.39. The van der Waals surface area contributed by atoms with Crippen LogP contribution in [0.2, 0.25) is 0 Å². The van der Waals surface area contributed by atoms with Crippen molar-refractivity contribution in [3.8, 4) is 11.4 Å². The van der Waals surface area contributed by atoms with Gasteiger partial charge in [0.05, 0.1) is 36.8 Å². The second-order valence-electron chi connectivity index (χ2n) is 13.7. The van der Waals surface area contributed by atoms with Crippen LogP contribution in [-0.4, -0.2) is 67.4 Å². The molecule has 5 heterocycles. The summed E-state index contributed by atoms with van der Waals surface area (Å²) in [6.45, 7) is 1.67. The Hall–Kier alpha value is -4.80. The van der Waals surface area contributed by atoms with E-state index in [-0.39, 0.29) is 60.5 Å². The van der Waals surface area contributed by atoms with Crippen LogP contribution >= 0.6 is 0 Å². The number of carbonyl (C=O) groups excluding carboxylic acids is 2. The number of ether oxygens (including phenoxy) is 1. The molecule has 0 spiro atoms. The van der Waals surface area contributed by atoms with Gasteiger partial charge >= 0.3 is 12.4 Å². The Kier molecular flexibility index (Phi) is 10.3. The molecule has 0 atom stereocenters. The predicted octanol–water partition coefficient (Wildman–Crippen LogP) is 7.37. The molecule has 1 aliphatic carbocycles. The minimum Gasteiger partial charge on any atom is -0.376 e. The highest BCUT2D eigenvalue weighted by Crippen LogP contribution is 2.38. The average molecular weight is 765 g/mol. The Balaban J connectivity index is 0.000000167. The highest BCUT2D eigenvalue weighted by molar-refractivity contribution is 5.94. The smallest absolute Gasteiger partial charge is 0.376 e. The fraction of sp³-hybridized carbons (Fsp3) is 0.459. The number of benzene rings is 2. The van der Waals surface area contributed by atoms with Crippen molar-refractivity contribution in [2.45, 2.75) is 83.3 Å². The van der Waals surface area contributed by atoms with Crippen LogP contribution in [0.25, 0.3) is 11.4 Å². The number of hydrogen-bond donors (Lipinski definition) is 0. The molecule has 2 saturated heterocycles. The van der Waals surface area contributed by atoms with E-state index in [2.05, 4.69) is 10.2 Å². The number of hydrogen-bond acceptors (Lipinski definition) is 5. The van der Waals surface area contributed by atoms with Crippen LogP contribution in [0.3, 0.4) is 0 Å². The fourth-order valence-corrected chi connectivity index (χ4v) is 7.49. The van der Waals surface area contributed by atoms with E-state index in [0.717, 1.165) is 55.6 Å². The van der Waals surface area contributed by atoms with Gasteiger partial charge in [-0.25, -0.2) is 18.1 Å². The lowest BCUT2D eigenvalue weighted by Gasteiger charge is -2.18. The van der Waals surface area contributed by atoms with Gasteiger partial charge < -0.3 is 14.5 Å². The standard InChI is InChI=1S/C19H20F3N3O.C18H16F5N3O2/c20-19(21,22)17-15-5-1-2-6-16(15)25(23-17)14-9-7-13(8-10-14)18(26)24-11-3-4-12-24;19-13-6-10(7-14(20)11(13)8-25-4-1-2-16(25)27)26-15-3-5-28-9-12(15)17(24-26)18(21,22)23/h7-10H,1-6,11-12H2;6-7H,1-5,8-9H2. The van der Waals surface area contributed by atoms with Gasteiger partial charge in [0, 0.05) is 72.6 Å². The average Bonchev–Trinajstić information content (AvgIpc) is 3.95. The molecule has 2 fully saturated rings. The van der Waals surface area contributed by atoms with E-state index in [0.29, 0.717) is 54.7 Å². The lowest BCUT2D eigenvalue weighted by molar-refractivity contribution is -0.143. The topological polar surface area (TPSA) is 85.5 Å². The molecule has 17 heteroatoms. The van der Waals surface area contributed by atoms with Crippen LogP contribution in [0.5, 0.6) is 0 Å². The monoisotopic (exact) mass is 764 g/mol. The summed E-state index contributed by atoms with van der Waals surface area (Å²) < 4.78 is 116. The van der Waals surface area contributed by atoms with Crippen LogP contribution in [0, 0.1) is 11.6 Å². The molecule has 4 aromatic rings. The van der Waals surface area contributed by atoms with Gasteiger partial charge in [0.2, 0.25) is 5.91 Å². The summed E-state index contributed by atoms with van der Waals surface area (Å²) in [5.41, 5.74) is -0.127. The highest BCUT2D eigenvalue weighted by atomic mass is 19.4. The highest BCUT2D eigenvalue weighted by Gasteiger charge is 2.41. The van der Waals surface area contributed by atoms with Gasteiger partial charge in [-0.15, -0.1) is 0 Å². The zero-order valence-electron chi connectivity index (χ0n) is 29.0. The van der Waals surface area contributed by atoms with Crippen molar-refractivity contribution in [2.24, 2.45) is 0 Å². The largest absolute Gasteiger partial charge is 0.435 e. The number of carbonyl (C=O) groups is 2. The molecule has 2 aromatic carbocycles. The summed E-state index contributed by atoms with van der Waals surface area (Å²) in [5.74, 6) is -2.06. The molecular weight excluding hydrogens is 728 g/mol. The molecule has 3 aliphatic heterocycles. The lowest BCUT2D eigenvalue weighted by atomic mass is 9.95. The lowest BCUT2D eigenvalue weighted by Crippen LogP contribution is -2.27. The molecule has 0 radical (unpaired) electrons. The molecule has 0 bridgehead atoms. The molecule has 288 valence electrons. The number of alkyl halides is 6. The Morgan fingerprint density at radius 1 is 0.704 bits per heavy atom. The first-order chi connectivity index (χ1) is 25.7. The van der Waals surface area contributed by atoms with Crippen LogP contribution in [0.1, 0.15) is 88.3 Å². The van der Waals surface area contributed by atoms with Crippen LogP contribution in [-0.2, 0) is 54.3 Å². The second kappa shape index (κ2) is 14.8. The zero-order valence-corrected chi connectivity index (χ0v) is 29.0. The van der Waals surface area contributed by atoms with Gasteiger partial charge in [-0.3, -0.25) is 9.59 Å². The minimum absolute atomic E-state index is 0.0208. The molecule has 0 N–H and O–H groups in total. The number of aromatic nitrogens is 4. The molecule has 2 aromatic heterocycles. The molecule has 4 aliphatic rings. The number of amides is 2. The summed E-state index contributed by atoms with van der Waals surface area (Å²) in [4.78, 5) is 27.3. The quantitative estimate of drug-likeness (QED) is 0.198. The number of halogens is 8. The molecule has 2 amide bonds. The fourth-order valence-electron chi connectivity index (χ4n) is 7.49. The maximum absolute atomic E-state index is 14.6. The SMILES string of the molecule is O=C(c1ccc(-n2nc(C(F)(F)F)c3c2CCCC3)cc1)N1CCCC1.O=C1CCCN1Cc1c(F)cc(-n2nc(C(F)(F)F)c3c2CCOC3)cc1F.